The Labute approximate surface area is 70.9 Å². The molecule has 0 aliphatic carbocycles. The minimum absolute atomic E-state index is 0.918. The SMILES string of the molecule is C=CCc1ccc2[nH]ncc2c1. The lowest BCUT2D eigenvalue weighted by molar-refractivity contribution is 1.12. The molecule has 1 aromatic carbocycles. The highest BCUT2D eigenvalue weighted by Gasteiger charge is 1.95. The minimum atomic E-state index is 0.918. The predicted molar refractivity (Wildman–Crippen MR) is 50.0 cm³/mol. The third kappa shape index (κ3) is 1.11. The van der Waals surface area contributed by atoms with Crippen molar-refractivity contribution in [2.45, 2.75) is 6.42 Å². The fourth-order valence-corrected chi connectivity index (χ4v) is 1.29. The van der Waals surface area contributed by atoms with Gasteiger partial charge in [0.05, 0.1) is 11.7 Å². The quantitative estimate of drug-likeness (QED) is 0.667. The molecule has 60 valence electrons. The maximum Gasteiger partial charge on any atom is 0.0650 e. The summed E-state index contributed by atoms with van der Waals surface area (Å²) in [6.45, 7) is 3.70. The van der Waals surface area contributed by atoms with Crippen molar-refractivity contribution in [3.8, 4) is 0 Å². The molecule has 0 radical (unpaired) electrons. The average Bonchev–Trinajstić information content (AvgIpc) is 2.51. The van der Waals surface area contributed by atoms with Crippen molar-refractivity contribution in [2.75, 3.05) is 0 Å². The summed E-state index contributed by atoms with van der Waals surface area (Å²) in [6.07, 6.45) is 4.66. The predicted octanol–water partition coefficient (Wildman–Crippen LogP) is 2.29. The molecular formula is C10H10N2. The van der Waals surface area contributed by atoms with E-state index in [9.17, 15) is 0 Å². The second-order valence-electron chi connectivity index (χ2n) is 2.78. The number of rotatable bonds is 2. The molecule has 2 aromatic rings. The van der Waals surface area contributed by atoms with E-state index in [1.54, 1.807) is 0 Å². The van der Waals surface area contributed by atoms with Crippen molar-refractivity contribution in [3.63, 3.8) is 0 Å². The second kappa shape index (κ2) is 2.81. The van der Waals surface area contributed by atoms with Crippen LogP contribution in [0.25, 0.3) is 10.9 Å². The molecule has 0 fully saturated rings. The standard InChI is InChI=1S/C10H10N2/c1-2-3-8-4-5-10-9(6-8)7-11-12-10/h2,4-7H,1,3H2,(H,11,12). The van der Waals surface area contributed by atoms with Crippen molar-refractivity contribution in [2.24, 2.45) is 0 Å². The second-order valence-corrected chi connectivity index (χ2v) is 2.78. The van der Waals surface area contributed by atoms with Gasteiger partial charge in [0.2, 0.25) is 0 Å². The Hall–Kier alpha value is -1.57. The highest BCUT2D eigenvalue weighted by atomic mass is 15.1. The van der Waals surface area contributed by atoms with Crippen LogP contribution < -0.4 is 0 Å². The van der Waals surface area contributed by atoms with E-state index in [4.69, 9.17) is 0 Å². The van der Waals surface area contributed by atoms with E-state index >= 15 is 0 Å². The summed E-state index contributed by atoms with van der Waals surface area (Å²) in [6, 6.07) is 6.25. The van der Waals surface area contributed by atoms with E-state index in [1.807, 2.05) is 18.3 Å². The number of hydrogen-bond donors (Lipinski definition) is 1. The number of aromatic nitrogens is 2. The first-order valence-electron chi connectivity index (χ1n) is 3.93. The third-order valence-corrected chi connectivity index (χ3v) is 1.88. The van der Waals surface area contributed by atoms with Crippen molar-refractivity contribution >= 4 is 10.9 Å². The molecule has 2 nitrogen and oxygen atoms in total. The van der Waals surface area contributed by atoms with Crippen molar-refractivity contribution < 1.29 is 0 Å². The molecule has 0 amide bonds. The van der Waals surface area contributed by atoms with E-state index in [1.165, 1.54) is 5.56 Å². The number of H-pyrrole nitrogens is 1. The van der Waals surface area contributed by atoms with Crippen molar-refractivity contribution in [3.05, 3.63) is 42.6 Å². The molecule has 0 saturated heterocycles. The lowest BCUT2D eigenvalue weighted by Crippen LogP contribution is -1.78. The maximum atomic E-state index is 3.95. The number of nitrogens with zero attached hydrogens (tertiary/aromatic N) is 1. The molecule has 0 spiro atoms. The molecule has 0 saturated carbocycles. The van der Waals surface area contributed by atoms with Gasteiger partial charge < -0.3 is 0 Å². The van der Waals surface area contributed by atoms with Crippen molar-refractivity contribution in [1.29, 1.82) is 0 Å². The van der Waals surface area contributed by atoms with Crippen LogP contribution in [-0.4, -0.2) is 10.2 Å². The molecule has 0 atom stereocenters. The lowest BCUT2D eigenvalue weighted by Gasteiger charge is -1.94. The van der Waals surface area contributed by atoms with Gasteiger partial charge in [-0.05, 0) is 24.1 Å². The summed E-state index contributed by atoms with van der Waals surface area (Å²) in [4.78, 5) is 0. The van der Waals surface area contributed by atoms with Gasteiger partial charge in [-0.25, -0.2) is 0 Å². The van der Waals surface area contributed by atoms with Crippen LogP contribution in [0, 0.1) is 0 Å². The Morgan fingerprint density at radius 1 is 1.50 bits per heavy atom. The number of allylic oxidation sites excluding steroid dienone is 1. The van der Waals surface area contributed by atoms with Gasteiger partial charge in [-0.3, -0.25) is 5.10 Å². The molecule has 0 aliphatic heterocycles. The van der Waals surface area contributed by atoms with Crippen LogP contribution in [0.15, 0.2) is 37.1 Å². The van der Waals surface area contributed by atoms with Gasteiger partial charge in [-0.2, -0.15) is 5.10 Å². The van der Waals surface area contributed by atoms with E-state index in [-0.39, 0.29) is 0 Å². The van der Waals surface area contributed by atoms with E-state index in [0.29, 0.717) is 0 Å². The number of nitrogens with one attached hydrogen (secondary N) is 1. The molecule has 12 heavy (non-hydrogen) atoms. The zero-order valence-corrected chi connectivity index (χ0v) is 6.75. The number of benzene rings is 1. The van der Waals surface area contributed by atoms with Crippen LogP contribution in [0.4, 0.5) is 0 Å². The number of fused-ring (bicyclic) bond motifs is 1. The fourth-order valence-electron chi connectivity index (χ4n) is 1.29. The maximum absolute atomic E-state index is 3.95. The molecule has 0 aliphatic rings. The van der Waals surface area contributed by atoms with Crippen LogP contribution in [0.1, 0.15) is 5.56 Å². The van der Waals surface area contributed by atoms with Gasteiger partial charge in [0, 0.05) is 5.39 Å². The molecule has 0 bridgehead atoms. The largest absolute Gasteiger partial charge is 0.278 e. The summed E-state index contributed by atoms with van der Waals surface area (Å²) < 4.78 is 0. The summed E-state index contributed by atoms with van der Waals surface area (Å²) in [5.41, 5.74) is 2.36. The van der Waals surface area contributed by atoms with Crippen LogP contribution >= 0.6 is 0 Å². The summed E-state index contributed by atoms with van der Waals surface area (Å²) in [5.74, 6) is 0. The Bertz CT molecular complexity index is 401. The van der Waals surface area contributed by atoms with E-state index in [2.05, 4.69) is 28.9 Å². The molecule has 1 N–H and O–H groups in total. The average molecular weight is 158 g/mol. The normalized spacial score (nSPS) is 10.3. The number of aromatic amines is 1. The Morgan fingerprint density at radius 3 is 3.25 bits per heavy atom. The highest BCUT2D eigenvalue weighted by Crippen LogP contribution is 2.13. The van der Waals surface area contributed by atoms with Gasteiger partial charge in [-0.1, -0.05) is 12.1 Å². The highest BCUT2D eigenvalue weighted by molar-refractivity contribution is 5.78. The van der Waals surface area contributed by atoms with Gasteiger partial charge >= 0.3 is 0 Å². The molecule has 0 unspecified atom stereocenters. The summed E-state index contributed by atoms with van der Waals surface area (Å²) in [5, 5.41) is 8.03. The Morgan fingerprint density at radius 2 is 2.42 bits per heavy atom. The zero-order valence-electron chi connectivity index (χ0n) is 6.75. The Kier molecular flexibility index (Phi) is 1.67. The summed E-state index contributed by atoms with van der Waals surface area (Å²) in [7, 11) is 0. The van der Waals surface area contributed by atoms with Gasteiger partial charge in [-0.15, -0.1) is 6.58 Å². The van der Waals surface area contributed by atoms with E-state index in [0.717, 1.165) is 17.3 Å². The summed E-state index contributed by atoms with van der Waals surface area (Å²) >= 11 is 0. The van der Waals surface area contributed by atoms with Crippen molar-refractivity contribution in [1.82, 2.24) is 10.2 Å². The van der Waals surface area contributed by atoms with Gasteiger partial charge in [0.1, 0.15) is 0 Å². The molecule has 1 heterocycles. The first-order chi connectivity index (χ1) is 5.90. The first-order valence-corrected chi connectivity index (χ1v) is 3.93. The smallest absolute Gasteiger partial charge is 0.0650 e. The Balaban J connectivity index is 2.52. The lowest BCUT2D eigenvalue weighted by atomic mass is 10.1. The topological polar surface area (TPSA) is 28.7 Å². The molecule has 2 rings (SSSR count). The van der Waals surface area contributed by atoms with Gasteiger partial charge in [0.25, 0.3) is 0 Å². The minimum Gasteiger partial charge on any atom is -0.278 e. The zero-order chi connectivity index (χ0) is 8.39. The van der Waals surface area contributed by atoms with E-state index < -0.39 is 0 Å². The van der Waals surface area contributed by atoms with Crippen LogP contribution in [0.3, 0.4) is 0 Å². The fraction of sp³-hybridized carbons (Fsp3) is 0.100. The molecular weight excluding hydrogens is 148 g/mol. The monoisotopic (exact) mass is 158 g/mol. The molecule has 2 heteroatoms. The van der Waals surface area contributed by atoms with Crippen LogP contribution in [0.2, 0.25) is 0 Å². The first kappa shape index (κ1) is 7.10. The number of hydrogen-bond acceptors (Lipinski definition) is 1. The van der Waals surface area contributed by atoms with Crippen LogP contribution in [-0.2, 0) is 6.42 Å². The van der Waals surface area contributed by atoms with Crippen LogP contribution in [0.5, 0.6) is 0 Å². The van der Waals surface area contributed by atoms with Gasteiger partial charge in [0.15, 0.2) is 0 Å². The third-order valence-electron chi connectivity index (χ3n) is 1.88. The molecule has 1 aromatic heterocycles.